The largest absolute Gasteiger partial charge is 0.439 e. The molecule has 1 amide bonds. The average Bonchev–Trinajstić information content (AvgIpc) is 2.38. The lowest BCUT2D eigenvalue weighted by Gasteiger charge is -2.10. The standard InChI is InChI=1S/C14H14ClN3O2/c1-7-3-9(4-8(2)13(7)15)20-12-5-10(14(17)19)11(16)6-18-12/h3-6H,16H2,1-2H3,(H2,17,19). The predicted molar refractivity (Wildman–Crippen MR) is 78.2 cm³/mol. The number of nitrogens with zero attached hydrogens (tertiary/aromatic N) is 1. The molecule has 0 fully saturated rings. The number of hydrogen-bond acceptors (Lipinski definition) is 4. The molecule has 0 spiro atoms. The fraction of sp³-hybridized carbons (Fsp3) is 0.143. The second-order valence-corrected chi connectivity index (χ2v) is 4.83. The van der Waals surface area contributed by atoms with Crippen LogP contribution in [0.1, 0.15) is 21.5 Å². The molecule has 2 aromatic rings. The molecule has 104 valence electrons. The normalized spacial score (nSPS) is 10.3. The summed E-state index contributed by atoms with van der Waals surface area (Å²) in [6.07, 6.45) is 1.34. The molecule has 0 aliphatic carbocycles. The molecule has 6 heteroatoms. The highest BCUT2D eigenvalue weighted by molar-refractivity contribution is 6.32. The van der Waals surface area contributed by atoms with E-state index in [1.807, 2.05) is 13.8 Å². The number of aromatic nitrogens is 1. The highest BCUT2D eigenvalue weighted by Crippen LogP contribution is 2.29. The molecule has 0 saturated heterocycles. The van der Waals surface area contributed by atoms with Gasteiger partial charge in [0.15, 0.2) is 0 Å². The van der Waals surface area contributed by atoms with E-state index >= 15 is 0 Å². The first-order chi connectivity index (χ1) is 9.38. The number of ether oxygens (including phenoxy) is 1. The lowest BCUT2D eigenvalue weighted by molar-refractivity contribution is 0.100. The third-order valence-electron chi connectivity index (χ3n) is 2.81. The fourth-order valence-corrected chi connectivity index (χ4v) is 1.91. The molecule has 0 aliphatic rings. The average molecular weight is 292 g/mol. The van der Waals surface area contributed by atoms with Crippen molar-refractivity contribution in [1.29, 1.82) is 0 Å². The van der Waals surface area contributed by atoms with Crippen LogP contribution in [-0.4, -0.2) is 10.9 Å². The van der Waals surface area contributed by atoms with Gasteiger partial charge in [-0.1, -0.05) is 11.6 Å². The van der Waals surface area contributed by atoms with Crippen molar-refractivity contribution in [3.63, 3.8) is 0 Å². The molecule has 0 atom stereocenters. The number of primary amides is 1. The topological polar surface area (TPSA) is 91.2 Å². The van der Waals surface area contributed by atoms with E-state index < -0.39 is 5.91 Å². The first kappa shape index (κ1) is 14.1. The van der Waals surface area contributed by atoms with Crippen LogP contribution in [0.4, 0.5) is 5.69 Å². The Balaban J connectivity index is 2.35. The quantitative estimate of drug-likeness (QED) is 0.909. The Kier molecular flexibility index (Phi) is 3.81. The molecule has 2 rings (SSSR count). The summed E-state index contributed by atoms with van der Waals surface area (Å²) < 4.78 is 5.61. The fourth-order valence-electron chi connectivity index (χ4n) is 1.80. The smallest absolute Gasteiger partial charge is 0.251 e. The van der Waals surface area contributed by atoms with Crippen molar-refractivity contribution in [3.05, 3.63) is 46.1 Å². The second-order valence-electron chi connectivity index (χ2n) is 4.45. The summed E-state index contributed by atoms with van der Waals surface area (Å²) in [7, 11) is 0. The Labute approximate surface area is 121 Å². The van der Waals surface area contributed by atoms with Gasteiger partial charge in [0, 0.05) is 11.1 Å². The molecular formula is C14H14ClN3O2. The van der Waals surface area contributed by atoms with E-state index in [-0.39, 0.29) is 17.1 Å². The summed E-state index contributed by atoms with van der Waals surface area (Å²) in [5.74, 6) is 0.199. The van der Waals surface area contributed by atoms with E-state index in [0.717, 1.165) is 11.1 Å². The number of nitrogens with two attached hydrogens (primary N) is 2. The Morgan fingerprint density at radius 2 is 1.85 bits per heavy atom. The lowest BCUT2D eigenvalue weighted by atomic mass is 10.1. The Morgan fingerprint density at radius 1 is 1.25 bits per heavy atom. The third-order valence-corrected chi connectivity index (χ3v) is 3.40. The number of pyridine rings is 1. The van der Waals surface area contributed by atoms with Gasteiger partial charge in [-0.05, 0) is 37.1 Å². The van der Waals surface area contributed by atoms with Gasteiger partial charge in [0.25, 0.3) is 5.91 Å². The maximum Gasteiger partial charge on any atom is 0.251 e. The zero-order valence-electron chi connectivity index (χ0n) is 11.1. The van der Waals surface area contributed by atoms with Crippen LogP contribution in [0.5, 0.6) is 11.6 Å². The summed E-state index contributed by atoms with van der Waals surface area (Å²) in [6, 6.07) is 4.99. The molecule has 1 heterocycles. The van der Waals surface area contributed by atoms with Crippen molar-refractivity contribution in [1.82, 2.24) is 4.98 Å². The number of amides is 1. The molecule has 0 radical (unpaired) electrons. The summed E-state index contributed by atoms with van der Waals surface area (Å²) in [5, 5.41) is 0.695. The first-order valence-electron chi connectivity index (χ1n) is 5.88. The summed E-state index contributed by atoms with van der Waals surface area (Å²) in [4.78, 5) is 15.2. The first-order valence-corrected chi connectivity index (χ1v) is 6.26. The minimum atomic E-state index is -0.627. The van der Waals surface area contributed by atoms with Crippen molar-refractivity contribution in [2.24, 2.45) is 5.73 Å². The van der Waals surface area contributed by atoms with Gasteiger partial charge in [-0.2, -0.15) is 0 Å². The Morgan fingerprint density at radius 3 is 2.40 bits per heavy atom. The second kappa shape index (κ2) is 5.38. The summed E-state index contributed by atoms with van der Waals surface area (Å²) >= 11 is 6.09. The minimum Gasteiger partial charge on any atom is -0.439 e. The van der Waals surface area contributed by atoms with Crippen LogP contribution in [0.15, 0.2) is 24.4 Å². The third kappa shape index (κ3) is 2.83. The number of anilines is 1. The highest BCUT2D eigenvalue weighted by atomic mass is 35.5. The van der Waals surface area contributed by atoms with Crippen molar-refractivity contribution in [2.45, 2.75) is 13.8 Å². The lowest BCUT2D eigenvalue weighted by Crippen LogP contribution is -2.13. The van der Waals surface area contributed by atoms with Gasteiger partial charge in [0.2, 0.25) is 5.88 Å². The van der Waals surface area contributed by atoms with E-state index in [0.29, 0.717) is 10.8 Å². The summed E-state index contributed by atoms with van der Waals surface area (Å²) in [6.45, 7) is 3.76. The Hall–Kier alpha value is -2.27. The van der Waals surface area contributed by atoms with E-state index in [9.17, 15) is 4.79 Å². The number of rotatable bonds is 3. The van der Waals surface area contributed by atoms with Crippen molar-refractivity contribution in [2.75, 3.05) is 5.73 Å². The number of aryl methyl sites for hydroxylation is 2. The van der Waals surface area contributed by atoms with Gasteiger partial charge < -0.3 is 16.2 Å². The van der Waals surface area contributed by atoms with Crippen molar-refractivity contribution in [3.8, 4) is 11.6 Å². The zero-order chi connectivity index (χ0) is 14.9. The van der Waals surface area contributed by atoms with Gasteiger partial charge >= 0.3 is 0 Å². The Bertz CT molecular complexity index is 663. The van der Waals surface area contributed by atoms with Crippen LogP contribution in [0, 0.1) is 13.8 Å². The number of carbonyl (C=O) groups is 1. The molecule has 20 heavy (non-hydrogen) atoms. The monoisotopic (exact) mass is 291 g/mol. The maximum absolute atomic E-state index is 11.2. The van der Waals surface area contributed by atoms with Gasteiger partial charge in [0.05, 0.1) is 17.4 Å². The van der Waals surface area contributed by atoms with Crippen molar-refractivity contribution >= 4 is 23.2 Å². The van der Waals surface area contributed by atoms with E-state index in [1.165, 1.54) is 12.3 Å². The van der Waals surface area contributed by atoms with Gasteiger partial charge in [-0.25, -0.2) is 4.98 Å². The maximum atomic E-state index is 11.2. The predicted octanol–water partition coefficient (Wildman–Crippen LogP) is 2.83. The zero-order valence-corrected chi connectivity index (χ0v) is 11.9. The molecule has 0 bridgehead atoms. The molecule has 5 nitrogen and oxygen atoms in total. The van der Waals surface area contributed by atoms with Gasteiger partial charge in [0.1, 0.15) is 5.75 Å². The summed E-state index contributed by atoms with van der Waals surface area (Å²) in [5.41, 5.74) is 13.0. The van der Waals surface area contributed by atoms with Crippen LogP contribution in [0.25, 0.3) is 0 Å². The van der Waals surface area contributed by atoms with E-state index in [2.05, 4.69) is 4.98 Å². The van der Waals surface area contributed by atoms with Crippen molar-refractivity contribution < 1.29 is 9.53 Å². The van der Waals surface area contributed by atoms with Gasteiger partial charge in [-0.15, -0.1) is 0 Å². The van der Waals surface area contributed by atoms with Crippen LogP contribution >= 0.6 is 11.6 Å². The van der Waals surface area contributed by atoms with Crippen LogP contribution in [0.3, 0.4) is 0 Å². The molecular weight excluding hydrogens is 278 g/mol. The molecule has 0 saturated carbocycles. The molecule has 0 unspecified atom stereocenters. The van der Waals surface area contributed by atoms with Crippen LogP contribution < -0.4 is 16.2 Å². The SMILES string of the molecule is Cc1cc(Oc2cc(C(N)=O)c(N)cn2)cc(C)c1Cl. The number of nitrogen functional groups attached to an aromatic ring is 1. The molecule has 1 aromatic carbocycles. The highest BCUT2D eigenvalue weighted by Gasteiger charge is 2.10. The van der Waals surface area contributed by atoms with Crippen LogP contribution in [-0.2, 0) is 0 Å². The van der Waals surface area contributed by atoms with Crippen LogP contribution in [0.2, 0.25) is 5.02 Å². The molecule has 1 aromatic heterocycles. The minimum absolute atomic E-state index is 0.178. The van der Waals surface area contributed by atoms with E-state index in [1.54, 1.807) is 12.1 Å². The van der Waals surface area contributed by atoms with E-state index in [4.69, 9.17) is 27.8 Å². The number of carbonyl (C=O) groups excluding carboxylic acids is 1. The van der Waals surface area contributed by atoms with Gasteiger partial charge in [-0.3, -0.25) is 4.79 Å². The molecule has 0 aliphatic heterocycles. The molecule has 4 N–H and O–H groups in total. The number of halogens is 1. The number of hydrogen-bond donors (Lipinski definition) is 2. The number of benzene rings is 1.